The van der Waals surface area contributed by atoms with Crippen molar-refractivity contribution in [2.45, 2.75) is 64.8 Å². The van der Waals surface area contributed by atoms with Crippen LogP contribution in [0.5, 0.6) is 0 Å². The summed E-state index contributed by atoms with van der Waals surface area (Å²) < 4.78 is 0. The normalized spacial score (nSPS) is 19.6. The molecule has 0 aliphatic carbocycles. The van der Waals surface area contributed by atoms with Gasteiger partial charge in [0, 0.05) is 18.3 Å². The first kappa shape index (κ1) is 16.4. The van der Waals surface area contributed by atoms with Crippen LogP contribution in [0.4, 0.5) is 5.69 Å². The summed E-state index contributed by atoms with van der Waals surface area (Å²) in [5.41, 5.74) is 2.82. The average Bonchev–Trinajstić information content (AvgIpc) is 2.53. The van der Waals surface area contributed by atoms with Crippen LogP contribution in [0.25, 0.3) is 0 Å². The van der Waals surface area contributed by atoms with Crippen LogP contribution in [0.15, 0.2) is 24.3 Å². The lowest BCUT2D eigenvalue weighted by Crippen LogP contribution is -2.40. The number of benzene rings is 1. The molecular weight excluding hydrogens is 256 g/mol. The SMILES string of the molecule is CCCCN1CCCCC1CCc1ccccc1NCC. The highest BCUT2D eigenvalue weighted by Crippen LogP contribution is 2.24. The van der Waals surface area contributed by atoms with E-state index in [0.29, 0.717) is 0 Å². The molecule has 2 rings (SSSR count). The highest BCUT2D eigenvalue weighted by atomic mass is 15.2. The summed E-state index contributed by atoms with van der Waals surface area (Å²) in [7, 11) is 0. The second-order valence-corrected chi connectivity index (χ2v) is 6.27. The zero-order chi connectivity index (χ0) is 14.9. The fourth-order valence-corrected chi connectivity index (χ4v) is 3.47. The van der Waals surface area contributed by atoms with Crippen molar-refractivity contribution in [3.63, 3.8) is 0 Å². The maximum Gasteiger partial charge on any atom is 0.0372 e. The van der Waals surface area contributed by atoms with Gasteiger partial charge in [0.05, 0.1) is 0 Å². The molecule has 2 heteroatoms. The molecule has 2 nitrogen and oxygen atoms in total. The van der Waals surface area contributed by atoms with E-state index >= 15 is 0 Å². The molecule has 1 aromatic rings. The van der Waals surface area contributed by atoms with Crippen molar-refractivity contribution in [1.82, 2.24) is 4.90 Å². The standard InChI is InChI=1S/C19H32N2/c1-3-5-15-21-16-9-8-11-18(21)14-13-17-10-6-7-12-19(17)20-4-2/h6-7,10,12,18,20H,3-5,8-9,11,13-16H2,1-2H3. The number of hydrogen-bond donors (Lipinski definition) is 1. The van der Waals surface area contributed by atoms with Crippen molar-refractivity contribution < 1.29 is 0 Å². The summed E-state index contributed by atoms with van der Waals surface area (Å²) in [5, 5.41) is 3.50. The van der Waals surface area contributed by atoms with Gasteiger partial charge in [-0.1, -0.05) is 38.0 Å². The zero-order valence-corrected chi connectivity index (χ0v) is 13.9. The second kappa shape index (κ2) is 9.09. The van der Waals surface area contributed by atoms with Crippen LogP contribution in [-0.2, 0) is 6.42 Å². The largest absolute Gasteiger partial charge is 0.385 e. The summed E-state index contributed by atoms with van der Waals surface area (Å²) in [5.74, 6) is 0. The molecule has 0 bridgehead atoms. The highest BCUT2D eigenvalue weighted by Gasteiger charge is 2.21. The van der Waals surface area contributed by atoms with Gasteiger partial charge in [-0.25, -0.2) is 0 Å². The summed E-state index contributed by atoms with van der Waals surface area (Å²) in [6, 6.07) is 9.62. The van der Waals surface area contributed by atoms with Gasteiger partial charge < -0.3 is 10.2 Å². The Morgan fingerprint density at radius 2 is 2.05 bits per heavy atom. The van der Waals surface area contributed by atoms with Gasteiger partial charge >= 0.3 is 0 Å². The fraction of sp³-hybridized carbons (Fsp3) is 0.684. The van der Waals surface area contributed by atoms with Crippen molar-refractivity contribution in [3.8, 4) is 0 Å². The van der Waals surface area contributed by atoms with E-state index in [9.17, 15) is 0 Å². The number of nitrogens with one attached hydrogen (secondary N) is 1. The molecule has 0 saturated carbocycles. The number of likely N-dealkylation sites (tertiary alicyclic amines) is 1. The first-order valence-corrected chi connectivity index (χ1v) is 8.91. The summed E-state index contributed by atoms with van der Waals surface area (Å²) in [6.07, 6.45) is 9.39. The second-order valence-electron chi connectivity index (χ2n) is 6.27. The lowest BCUT2D eigenvalue weighted by atomic mass is 9.95. The van der Waals surface area contributed by atoms with E-state index in [2.05, 4.69) is 48.3 Å². The third kappa shape index (κ3) is 5.03. The molecule has 1 N–H and O–H groups in total. The Kier molecular flexibility index (Phi) is 7.08. The summed E-state index contributed by atoms with van der Waals surface area (Å²) >= 11 is 0. The number of aryl methyl sites for hydroxylation is 1. The van der Waals surface area contributed by atoms with Crippen LogP contribution in [0, 0.1) is 0 Å². The van der Waals surface area contributed by atoms with E-state index in [1.807, 2.05) is 0 Å². The van der Waals surface area contributed by atoms with Crippen LogP contribution in [0.1, 0.15) is 57.9 Å². The highest BCUT2D eigenvalue weighted by molar-refractivity contribution is 5.51. The minimum absolute atomic E-state index is 0.806. The molecule has 1 unspecified atom stereocenters. The first-order chi connectivity index (χ1) is 10.3. The van der Waals surface area contributed by atoms with Crippen LogP contribution in [0.2, 0.25) is 0 Å². The zero-order valence-electron chi connectivity index (χ0n) is 13.9. The van der Waals surface area contributed by atoms with Crippen molar-refractivity contribution >= 4 is 5.69 Å². The molecule has 0 radical (unpaired) electrons. The topological polar surface area (TPSA) is 15.3 Å². The molecule has 0 spiro atoms. The lowest BCUT2D eigenvalue weighted by Gasteiger charge is -2.36. The van der Waals surface area contributed by atoms with Crippen molar-refractivity contribution in [2.24, 2.45) is 0 Å². The molecule has 118 valence electrons. The number of para-hydroxylation sites is 1. The maximum atomic E-state index is 3.50. The molecular formula is C19H32N2. The third-order valence-electron chi connectivity index (χ3n) is 4.68. The van der Waals surface area contributed by atoms with E-state index in [1.165, 1.54) is 69.3 Å². The van der Waals surface area contributed by atoms with E-state index in [-0.39, 0.29) is 0 Å². The summed E-state index contributed by atoms with van der Waals surface area (Å²) in [4.78, 5) is 2.75. The quantitative estimate of drug-likeness (QED) is 0.745. The molecule has 0 amide bonds. The monoisotopic (exact) mass is 288 g/mol. The molecule has 1 fully saturated rings. The van der Waals surface area contributed by atoms with Crippen LogP contribution < -0.4 is 5.32 Å². The van der Waals surface area contributed by atoms with Gasteiger partial charge in [0.25, 0.3) is 0 Å². The molecule has 1 aliphatic heterocycles. The van der Waals surface area contributed by atoms with E-state index < -0.39 is 0 Å². The molecule has 21 heavy (non-hydrogen) atoms. The van der Waals surface area contributed by atoms with Gasteiger partial charge in [-0.15, -0.1) is 0 Å². The van der Waals surface area contributed by atoms with Gasteiger partial charge in [-0.05, 0) is 63.7 Å². The third-order valence-corrected chi connectivity index (χ3v) is 4.68. The predicted molar refractivity (Wildman–Crippen MR) is 93.0 cm³/mol. The minimum Gasteiger partial charge on any atom is -0.385 e. The first-order valence-electron chi connectivity index (χ1n) is 8.91. The predicted octanol–water partition coefficient (Wildman–Crippen LogP) is 4.71. The lowest BCUT2D eigenvalue weighted by molar-refractivity contribution is 0.138. The smallest absolute Gasteiger partial charge is 0.0372 e. The van der Waals surface area contributed by atoms with E-state index in [4.69, 9.17) is 0 Å². The Bertz CT molecular complexity index is 402. The Labute approximate surface area is 130 Å². The number of unbranched alkanes of at least 4 members (excludes halogenated alkanes) is 1. The number of hydrogen-bond acceptors (Lipinski definition) is 2. The van der Waals surface area contributed by atoms with Gasteiger partial charge in [0.15, 0.2) is 0 Å². The van der Waals surface area contributed by atoms with Crippen LogP contribution >= 0.6 is 0 Å². The van der Waals surface area contributed by atoms with Gasteiger partial charge in [-0.3, -0.25) is 0 Å². The molecule has 1 heterocycles. The molecule has 1 atom stereocenters. The number of anilines is 1. The van der Waals surface area contributed by atoms with Crippen molar-refractivity contribution in [3.05, 3.63) is 29.8 Å². The molecule has 1 aromatic carbocycles. The Hall–Kier alpha value is -1.02. The molecule has 0 aromatic heterocycles. The number of nitrogens with zero attached hydrogens (tertiary/aromatic N) is 1. The molecule has 1 aliphatic rings. The van der Waals surface area contributed by atoms with E-state index in [0.717, 1.165) is 12.6 Å². The molecule has 1 saturated heterocycles. The number of piperidine rings is 1. The Morgan fingerprint density at radius 1 is 1.19 bits per heavy atom. The van der Waals surface area contributed by atoms with Crippen LogP contribution in [0.3, 0.4) is 0 Å². The van der Waals surface area contributed by atoms with Crippen molar-refractivity contribution in [2.75, 3.05) is 25.0 Å². The summed E-state index contributed by atoms with van der Waals surface area (Å²) in [6.45, 7) is 8.09. The maximum absolute atomic E-state index is 3.50. The minimum atomic E-state index is 0.806. The van der Waals surface area contributed by atoms with Gasteiger partial charge in [0.2, 0.25) is 0 Å². The van der Waals surface area contributed by atoms with E-state index in [1.54, 1.807) is 0 Å². The average molecular weight is 288 g/mol. The van der Waals surface area contributed by atoms with Crippen molar-refractivity contribution in [1.29, 1.82) is 0 Å². The van der Waals surface area contributed by atoms with Crippen LogP contribution in [-0.4, -0.2) is 30.6 Å². The fourth-order valence-electron chi connectivity index (χ4n) is 3.47. The Balaban J connectivity index is 1.91. The number of rotatable bonds is 8. The Morgan fingerprint density at radius 3 is 2.86 bits per heavy atom. The van der Waals surface area contributed by atoms with Gasteiger partial charge in [0.1, 0.15) is 0 Å². The van der Waals surface area contributed by atoms with Gasteiger partial charge in [-0.2, -0.15) is 0 Å².